The first-order valence-electron chi connectivity index (χ1n) is 9.13. The molecule has 0 spiro atoms. The maximum atomic E-state index is 11.8. The number of imidazole rings is 1. The molecule has 0 saturated carbocycles. The molecule has 1 aromatic carbocycles. The minimum absolute atomic E-state index is 0.0124. The van der Waals surface area contributed by atoms with Crippen LogP contribution in [0.2, 0.25) is 0 Å². The van der Waals surface area contributed by atoms with Crippen molar-refractivity contribution in [2.24, 2.45) is 0 Å². The summed E-state index contributed by atoms with van der Waals surface area (Å²) in [5.74, 6) is 0. The van der Waals surface area contributed by atoms with E-state index in [4.69, 9.17) is 0 Å². The lowest BCUT2D eigenvalue weighted by Gasteiger charge is -2.27. The molecule has 0 N–H and O–H groups in total. The molecule has 0 unspecified atom stereocenters. The van der Waals surface area contributed by atoms with E-state index in [-0.39, 0.29) is 9.90 Å². The van der Waals surface area contributed by atoms with Crippen LogP contribution in [0.25, 0.3) is 0 Å². The number of hydrogen-bond acceptors (Lipinski definition) is 7. The zero-order chi connectivity index (χ0) is 20.6. The molecule has 3 aromatic rings. The molecule has 10 heteroatoms. The number of anilines is 1. The number of rotatable bonds is 6. The van der Waals surface area contributed by atoms with Crippen LogP contribution in [0.15, 0.2) is 46.9 Å². The monoisotopic (exact) mass is 432 g/mol. The fraction of sp³-hybridized carbons (Fsp3) is 0.316. The highest BCUT2D eigenvalue weighted by atomic mass is 32.2. The quantitative estimate of drug-likeness (QED) is 0.439. The molecule has 0 bridgehead atoms. The Balaban J connectivity index is 1.55. The van der Waals surface area contributed by atoms with Crippen LogP contribution in [-0.2, 0) is 35.8 Å². The number of thiophene rings is 1. The van der Waals surface area contributed by atoms with Crippen molar-refractivity contribution in [1.82, 2.24) is 9.55 Å². The molecule has 2 aromatic heterocycles. The van der Waals surface area contributed by atoms with Gasteiger partial charge in [0.15, 0.2) is 14.8 Å². The van der Waals surface area contributed by atoms with Crippen LogP contribution >= 0.6 is 11.3 Å². The third kappa shape index (κ3) is 4.03. The van der Waals surface area contributed by atoms with Crippen molar-refractivity contribution in [3.8, 4) is 0 Å². The Morgan fingerprint density at radius 1 is 1.28 bits per heavy atom. The SMILES string of the molecule is CS(=O)(=O)c1cc([N+](=O)[O-])c(N2CCc3c(ncn3CCc3ccccc3)C2)s1. The average molecular weight is 433 g/mol. The van der Waals surface area contributed by atoms with Crippen molar-refractivity contribution < 1.29 is 13.3 Å². The van der Waals surface area contributed by atoms with Gasteiger partial charge >= 0.3 is 5.69 Å². The van der Waals surface area contributed by atoms with Crippen LogP contribution in [-0.4, -0.2) is 35.7 Å². The first-order chi connectivity index (χ1) is 13.8. The predicted molar refractivity (Wildman–Crippen MR) is 111 cm³/mol. The second-order valence-corrected chi connectivity index (χ2v) is 10.3. The lowest BCUT2D eigenvalue weighted by molar-refractivity contribution is -0.383. The van der Waals surface area contributed by atoms with Gasteiger partial charge in [-0.05, 0) is 12.0 Å². The molecular weight excluding hydrogens is 412 g/mol. The number of fused-ring (bicyclic) bond motifs is 1. The summed E-state index contributed by atoms with van der Waals surface area (Å²) in [5.41, 5.74) is 3.12. The highest BCUT2D eigenvalue weighted by molar-refractivity contribution is 7.92. The first kappa shape index (κ1) is 19.6. The highest BCUT2D eigenvalue weighted by Crippen LogP contribution is 2.41. The molecule has 4 rings (SSSR count). The largest absolute Gasteiger partial charge is 0.351 e. The van der Waals surface area contributed by atoms with Crippen molar-refractivity contribution in [3.05, 3.63) is 69.8 Å². The van der Waals surface area contributed by atoms with E-state index in [1.807, 2.05) is 29.4 Å². The summed E-state index contributed by atoms with van der Waals surface area (Å²) in [4.78, 5) is 17.3. The third-order valence-electron chi connectivity index (χ3n) is 5.00. The zero-order valence-corrected chi connectivity index (χ0v) is 17.4. The average Bonchev–Trinajstić information content (AvgIpc) is 3.31. The molecule has 3 heterocycles. The van der Waals surface area contributed by atoms with E-state index in [1.54, 1.807) is 0 Å². The standard InChI is InChI=1S/C19H20N4O4S2/c1-29(26,27)18-11-17(23(24)25)19(28-18)21-10-8-16-15(12-21)20-13-22(16)9-7-14-5-3-2-4-6-14/h2-6,11,13H,7-10,12H2,1H3. The van der Waals surface area contributed by atoms with Crippen molar-refractivity contribution in [1.29, 1.82) is 0 Å². The second-order valence-electron chi connectivity index (χ2n) is 7.02. The van der Waals surface area contributed by atoms with Crippen molar-refractivity contribution in [2.75, 3.05) is 17.7 Å². The molecule has 152 valence electrons. The van der Waals surface area contributed by atoms with E-state index in [0.717, 1.165) is 48.0 Å². The summed E-state index contributed by atoms with van der Waals surface area (Å²) >= 11 is 0.952. The lowest BCUT2D eigenvalue weighted by atomic mass is 10.1. The Bertz CT molecular complexity index is 1150. The van der Waals surface area contributed by atoms with Crippen molar-refractivity contribution in [2.45, 2.75) is 30.1 Å². The Morgan fingerprint density at radius 3 is 2.72 bits per heavy atom. The van der Waals surface area contributed by atoms with Gasteiger partial charge in [0.05, 0.1) is 23.5 Å². The highest BCUT2D eigenvalue weighted by Gasteiger charge is 2.30. The van der Waals surface area contributed by atoms with Crippen molar-refractivity contribution in [3.63, 3.8) is 0 Å². The Kier molecular flexibility index (Phi) is 5.13. The smallest absolute Gasteiger partial charge is 0.305 e. The maximum absolute atomic E-state index is 11.8. The third-order valence-corrected chi connectivity index (χ3v) is 7.98. The van der Waals surface area contributed by atoms with Gasteiger partial charge < -0.3 is 9.47 Å². The van der Waals surface area contributed by atoms with E-state index >= 15 is 0 Å². The number of sulfone groups is 1. The van der Waals surface area contributed by atoms with Crippen LogP contribution in [0.5, 0.6) is 0 Å². The van der Waals surface area contributed by atoms with Crippen LogP contribution in [0, 0.1) is 10.1 Å². The molecule has 1 aliphatic heterocycles. The molecule has 0 radical (unpaired) electrons. The molecule has 0 fully saturated rings. The van der Waals surface area contributed by atoms with Gasteiger partial charge in [-0.2, -0.15) is 0 Å². The van der Waals surface area contributed by atoms with Gasteiger partial charge in [0, 0.05) is 37.5 Å². The molecule has 29 heavy (non-hydrogen) atoms. The molecule has 8 nitrogen and oxygen atoms in total. The topological polar surface area (TPSA) is 98.3 Å². The molecular formula is C19H20N4O4S2. The van der Waals surface area contributed by atoms with Crippen LogP contribution in [0.3, 0.4) is 0 Å². The van der Waals surface area contributed by atoms with Gasteiger partial charge in [0.25, 0.3) is 0 Å². The van der Waals surface area contributed by atoms with Gasteiger partial charge in [0.1, 0.15) is 4.21 Å². The van der Waals surface area contributed by atoms with Gasteiger partial charge in [-0.3, -0.25) is 10.1 Å². The Labute approximate surface area is 172 Å². The summed E-state index contributed by atoms with van der Waals surface area (Å²) in [6.45, 7) is 1.83. The van der Waals surface area contributed by atoms with E-state index in [0.29, 0.717) is 24.5 Å². The molecule has 0 amide bonds. The maximum Gasteiger partial charge on any atom is 0.305 e. The number of hydrogen-bond donors (Lipinski definition) is 0. The minimum atomic E-state index is -3.50. The van der Waals surface area contributed by atoms with Crippen LogP contribution in [0.4, 0.5) is 10.7 Å². The van der Waals surface area contributed by atoms with E-state index in [2.05, 4.69) is 21.7 Å². The minimum Gasteiger partial charge on any atom is -0.351 e. The fourth-order valence-electron chi connectivity index (χ4n) is 3.52. The van der Waals surface area contributed by atoms with Gasteiger partial charge in [-0.1, -0.05) is 41.7 Å². The fourth-order valence-corrected chi connectivity index (χ4v) is 5.57. The van der Waals surface area contributed by atoms with E-state index < -0.39 is 14.8 Å². The van der Waals surface area contributed by atoms with Gasteiger partial charge in [0.2, 0.25) is 0 Å². The van der Waals surface area contributed by atoms with Crippen molar-refractivity contribution >= 4 is 31.9 Å². The number of aryl methyl sites for hydroxylation is 2. The van der Waals surface area contributed by atoms with Gasteiger partial charge in [-0.15, -0.1) is 0 Å². The van der Waals surface area contributed by atoms with Gasteiger partial charge in [-0.25, -0.2) is 13.4 Å². The summed E-state index contributed by atoms with van der Waals surface area (Å²) < 4.78 is 25.9. The van der Waals surface area contributed by atoms with Crippen LogP contribution < -0.4 is 4.90 Å². The Hall–Kier alpha value is -2.72. The lowest BCUT2D eigenvalue weighted by Crippen LogP contribution is -2.31. The number of nitrogens with zero attached hydrogens (tertiary/aromatic N) is 4. The molecule has 0 atom stereocenters. The number of benzene rings is 1. The number of nitro groups is 1. The molecule has 0 aliphatic carbocycles. The van der Waals surface area contributed by atoms with E-state index in [9.17, 15) is 18.5 Å². The summed E-state index contributed by atoms with van der Waals surface area (Å²) in [6, 6.07) is 11.4. The van der Waals surface area contributed by atoms with Crippen LogP contribution in [0.1, 0.15) is 17.0 Å². The predicted octanol–water partition coefficient (Wildman–Crippen LogP) is 3.06. The summed E-state index contributed by atoms with van der Waals surface area (Å²) in [7, 11) is -3.50. The molecule has 0 saturated heterocycles. The Morgan fingerprint density at radius 2 is 2.03 bits per heavy atom. The first-order valence-corrected chi connectivity index (χ1v) is 11.8. The molecule has 1 aliphatic rings. The zero-order valence-electron chi connectivity index (χ0n) is 15.8. The van der Waals surface area contributed by atoms with E-state index in [1.165, 1.54) is 5.56 Å². The summed E-state index contributed by atoms with van der Waals surface area (Å²) in [6.07, 6.45) is 4.49. The second kappa shape index (κ2) is 7.60. The normalized spacial score (nSPS) is 14.0. The number of aromatic nitrogens is 2. The summed E-state index contributed by atoms with van der Waals surface area (Å²) in [5, 5.41) is 11.8.